The van der Waals surface area contributed by atoms with Gasteiger partial charge in [-0.25, -0.2) is 14.5 Å². The number of pyridine rings is 2. The van der Waals surface area contributed by atoms with Gasteiger partial charge in [-0.2, -0.15) is 0 Å². The van der Waals surface area contributed by atoms with E-state index in [2.05, 4.69) is 126 Å². The first-order chi connectivity index (χ1) is 20.8. The summed E-state index contributed by atoms with van der Waals surface area (Å²) in [6.45, 7) is 0. The zero-order chi connectivity index (χ0) is 27.6. The van der Waals surface area contributed by atoms with Crippen molar-refractivity contribution in [2.75, 3.05) is 0 Å². The van der Waals surface area contributed by atoms with Gasteiger partial charge in [0.1, 0.15) is 5.65 Å². The van der Waals surface area contributed by atoms with Crippen LogP contribution in [0.1, 0.15) is 0 Å². The van der Waals surface area contributed by atoms with Crippen molar-refractivity contribution in [3.63, 3.8) is 0 Å². The van der Waals surface area contributed by atoms with Gasteiger partial charge in [0, 0.05) is 39.2 Å². The highest BCUT2D eigenvalue weighted by atomic mass is 15.3. The van der Waals surface area contributed by atoms with Crippen molar-refractivity contribution < 1.29 is 0 Å². The van der Waals surface area contributed by atoms with Gasteiger partial charge in [-0.15, -0.1) is 5.10 Å². The highest BCUT2D eigenvalue weighted by Gasteiger charge is 2.20. The molecule has 0 aliphatic heterocycles. The van der Waals surface area contributed by atoms with E-state index in [9.17, 15) is 0 Å². The summed E-state index contributed by atoms with van der Waals surface area (Å²) in [5, 5.41) is 7.36. The van der Waals surface area contributed by atoms with E-state index in [0.29, 0.717) is 5.82 Å². The fourth-order valence-electron chi connectivity index (χ4n) is 6.18. The Balaban J connectivity index is 1.26. The maximum Gasteiger partial charge on any atom is 0.182 e. The predicted molar refractivity (Wildman–Crippen MR) is 170 cm³/mol. The Morgan fingerprint density at radius 3 is 1.98 bits per heavy atom. The molecular weight excluding hydrogens is 514 g/mol. The summed E-state index contributed by atoms with van der Waals surface area (Å²) >= 11 is 0. The van der Waals surface area contributed by atoms with E-state index in [0.717, 1.165) is 61.4 Å². The van der Waals surface area contributed by atoms with Crippen LogP contribution >= 0.6 is 0 Å². The number of hydrogen-bond acceptors (Lipinski definition) is 3. The molecule has 42 heavy (non-hydrogen) atoms. The largest absolute Gasteiger partial charge is 0.292 e. The van der Waals surface area contributed by atoms with Crippen LogP contribution in [0.15, 0.2) is 140 Å². The third-order valence-corrected chi connectivity index (χ3v) is 8.13. The molecule has 0 aliphatic carbocycles. The Morgan fingerprint density at radius 2 is 1.21 bits per heavy atom. The van der Waals surface area contributed by atoms with E-state index in [-0.39, 0.29) is 0 Å². The second-order valence-electron chi connectivity index (χ2n) is 10.6. The molecule has 0 N–H and O–H groups in total. The minimum absolute atomic E-state index is 0.699. The molecule has 9 rings (SSSR count). The Labute approximate surface area is 241 Å². The lowest BCUT2D eigenvalue weighted by atomic mass is 10.0. The van der Waals surface area contributed by atoms with Gasteiger partial charge in [0.2, 0.25) is 0 Å². The summed E-state index contributed by atoms with van der Waals surface area (Å²) < 4.78 is 4.20. The second-order valence-corrected chi connectivity index (χ2v) is 10.6. The SMILES string of the molecule is c1ccc(-c2cc(-c3ccccc3)c3nc(-c4ccc5c(c4)c4cccc6nc(-c7ccccc7)c5n64)nn3c2)cc1. The first-order valence-corrected chi connectivity index (χ1v) is 14.1. The average Bonchev–Trinajstić information content (AvgIpc) is 3.76. The minimum Gasteiger partial charge on any atom is -0.292 e. The topological polar surface area (TPSA) is 47.5 Å². The molecule has 0 amide bonds. The van der Waals surface area contributed by atoms with E-state index in [1.165, 1.54) is 10.8 Å². The molecule has 0 spiro atoms. The summed E-state index contributed by atoms with van der Waals surface area (Å²) in [5.41, 5.74) is 11.6. The highest BCUT2D eigenvalue weighted by molar-refractivity contribution is 6.14. The summed E-state index contributed by atoms with van der Waals surface area (Å²) in [7, 11) is 0. The lowest BCUT2D eigenvalue weighted by Crippen LogP contribution is -1.93. The molecule has 0 atom stereocenters. The van der Waals surface area contributed by atoms with E-state index < -0.39 is 0 Å². The van der Waals surface area contributed by atoms with Crippen LogP contribution in [-0.2, 0) is 0 Å². The molecule has 0 bridgehead atoms. The number of rotatable bonds is 4. The van der Waals surface area contributed by atoms with Crippen LogP contribution in [0, 0.1) is 0 Å². The molecule has 5 heterocycles. The van der Waals surface area contributed by atoms with Gasteiger partial charge >= 0.3 is 0 Å². The molecule has 196 valence electrons. The smallest absolute Gasteiger partial charge is 0.182 e. The fraction of sp³-hybridized carbons (Fsp3) is 0. The molecule has 0 unspecified atom stereocenters. The third kappa shape index (κ3) is 3.40. The van der Waals surface area contributed by atoms with Gasteiger partial charge in [-0.05, 0) is 35.4 Å². The van der Waals surface area contributed by atoms with Crippen molar-refractivity contribution in [3.8, 4) is 44.9 Å². The van der Waals surface area contributed by atoms with Crippen LogP contribution in [0.2, 0.25) is 0 Å². The number of aromatic nitrogens is 5. The van der Waals surface area contributed by atoms with Gasteiger partial charge < -0.3 is 0 Å². The number of benzene rings is 4. The van der Waals surface area contributed by atoms with E-state index in [4.69, 9.17) is 15.1 Å². The summed E-state index contributed by atoms with van der Waals surface area (Å²) in [4.78, 5) is 10.1. The fourth-order valence-corrected chi connectivity index (χ4v) is 6.18. The zero-order valence-electron chi connectivity index (χ0n) is 22.5. The van der Waals surface area contributed by atoms with Gasteiger partial charge in [0.05, 0.1) is 16.7 Å². The lowest BCUT2D eigenvalue weighted by Gasteiger charge is -2.08. The summed E-state index contributed by atoms with van der Waals surface area (Å²) in [5.74, 6) is 0.699. The number of fused-ring (bicyclic) bond motifs is 4. The van der Waals surface area contributed by atoms with Gasteiger partial charge in [0.25, 0.3) is 0 Å². The maximum atomic E-state index is 5.10. The van der Waals surface area contributed by atoms with Crippen LogP contribution in [-0.4, -0.2) is 24.0 Å². The summed E-state index contributed by atoms with van der Waals surface area (Å²) in [6.07, 6.45) is 2.07. The molecule has 9 aromatic rings. The standard InChI is InChI=1S/C37H23N5/c1-4-11-24(12-5-1)28-22-30(25-13-6-2-7-14-25)37-39-36(40-41(37)23-28)27-19-20-29-31(21-27)32-17-10-18-33-38-34(35(29)42(32)33)26-15-8-3-9-16-26/h1-23H. The molecule has 0 aliphatic rings. The second kappa shape index (κ2) is 8.85. The van der Waals surface area contributed by atoms with Crippen LogP contribution in [0.5, 0.6) is 0 Å². The van der Waals surface area contributed by atoms with E-state index >= 15 is 0 Å². The number of hydrogen-bond donors (Lipinski definition) is 0. The van der Waals surface area contributed by atoms with Crippen LogP contribution in [0.3, 0.4) is 0 Å². The Kier molecular flexibility index (Phi) is 4.83. The minimum atomic E-state index is 0.699. The van der Waals surface area contributed by atoms with Gasteiger partial charge in [0.15, 0.2) is 11.5 Å². The molecular formula is C37H23N5. The Morgan fingerprint density at radius 1 is 0.500 bits per heavy atom. The van der Waals surface area contributed by atoms with Crippen LogP contribution in [0.25, 0.3) is 78.0 Å². The highest BCUT2D eigenvalue weighted by Crippen LogP contribution is 2.39. The van der Waals surface area contributed by atoms with E-state index in [1.807, 2.05) is 22.7 Å². The number of imidazole rings is 1. The zero-order valence-corrected chi connectivity index (χ0v) is 22.5. The molecule has 5 nitrogen and oxygen atoms in total. The molecule has 4 aromatic carbocycles. The van der Waals surface area contributed by atoms with Gasteiger partial charge in [-0.1, -0.05) is 109 Å². The van der Waals surface area contributed by atoms with Crippen LogP contribution in [0.4, 0.5) is 0 Å². The van der Waals surface area contributed by atoms with Crippen molar-refractivity contribution in [2.24, 2.45) is 0 Å². The first kappa shape index (κ1) is 22.9. The van der Waals surface area contributed by atoms with Crippen molar-refractivity contribution in [1.29, 1.82) is 0 Å². The molecule has 0 radical (unpaired) electrons. The molecule has 5 aromatic heterocycles. The first-order valence-electron chi connectivity index (χ1n) is 14.1. The molecule has 0 saturated carbocycles. The van der Waals surface area contributed by atoms with Crippen molar-refractivity contribution in [2.45, 2.75) is 0 Å². The van der Waals surface area contributed by atoms with Crippen molar-refractivity contribution in [1.82, 2.24) is 24.0 Å². The molecule has 5 heteroatoms. The monoisotopic (exact) mass is 537 g/mol. The normalized spacial score (nSPS) is 11.8. The maximum absolute atomic E-state index is 5.10. The van der Waals surface area contributed by atoms with E-state index in [1.54, 1.807) is 0 Å². The predicted octanol–water partition coefficient (Wildman–Crippen LogP) is 8.79. The summed E-state index contributed by atoms with van der Waals surface area (Å²) in [6, 6.07) is 46.3. The van der Waals surface area contributed by atoms with Crippen molar-refractivity contribution in [3.05, 3.63) is 140 Å². The lowest BCUT2D eigenvalue weighted by molar-refractivity contribution is 0.968. The average molecular weight is 538 g/mol. The van der Waals surface area contributed by atoms with Gasteiger partial charge in [-0.3, -0.25) is 4.40 Å². The number of nitrogens with zero attached hydrogens (tertiary/aromatic N) is 5. The molecule has 0 saturated heterocycles. The Bertz CT molecular complexity index is 2390. The Hall–Kier alpha value is -5.81. The molecule has 0 fully saturated rings. The third-order valence-electron chi connectivity index (χ3n) is 8.13. The van der Waals surface area contributed by atoms with Crippen molar-refractivity contribution >= 4 is 33.1 Å². The quantitative estimate of drug-likeness (QED) is 0.225. The van der Waals surface area contributed by atoms with Crippen LogP contribution < -0.4 is 0 Å².